The summed E-state index contributed by atoms with van der Waals surface area (Å²) in [5.74, 6) is -1.47. The van der Waals surface area contributed by atoms with Crippen molar-refractivity contribution in [3.8, 4) is 5.75 Å². The third-order valence-corrected chi connectivity index (χ3v) is 3.81. The minimum atomic E-state index is -1.08. The van der Waals surface area contributed by atoms with Gasteiger partial charge in [-0.1, -0.05) is 22.4 Å². The molecule has 1 N–H and O–H groups in total. The van der Waals surface area contributed by atoms with Crippen molar-refractivity contribution in [2.24, 2.45) is 0 Å². The Bertz CT molecular complexity index is 469. The first-order valence-electron chi connectivity index (χ1n) is 5.28. The summed E-state index contributed by atoms with van der Waals surface area (Å²) in [6.45, 7) is 0. The van der Waals surface area contributed by atoms with E-state index in [2.05, 4.69) is 15.9 Å². The van der Waals surface area contributed by atoms with Crippen LogP contribution < -0.4 is 4.74 Å². The van der Waals surface area contributed by atoms with Crippen LogP contribution in [-0.2, 0) is 10.2 Å². The van der Waals surface area contributed by atoms with Crippen molar-refractivity contribution in [3.63, 3.8) is 0 Å². The third-order valence-electron chi connectivity index (χ3n) is 3.36. The molecule has 0 unspecified atom stereocenters. The van der Waals surface area contributed by atoms with Crippen molar-refractivity contribution in [1.82, 2.24) is 0 Å². The lowest BCUT2D eigenvalue weighted by atomic mass is 9.64. The van der Waals surface area contributed by atoms with Gasteiger partial charge in [0.25, 0.3) is 0 Å². The molecule has 3 nitrogen and oxygen atoms in total. The molecule has 1 aliphatic rings. The van der Waals surface area contributed by atoms with E-state index in [1.807, 2.05) is 0 Å². The van der Waals surface area contributed by atoms with Gasteiger partial charge in [-0.15, -0.1) is 0 Å². The van der Waals surface area contributed by atoms with Crippen molar-refractivity contribution in [2.45, 2.75) is 24.7 Å². The highest BCUT2D eigenvalue weighted by atomic mass is 79.9. The predicted molar refractivity (Wildman–Crippen MR) is 63.8 cm³/mol. The number of ether oxygens (including phenoxy) is 1. The Balaban J connectivity index is 2.58. The van der Waals surface area contributed by atoms with E-state index in [9.17, 15) is 14.3 Å². The van der Waals surface area contributed by atoms with Crippen LogP contribution in [0.3, 0.4) is 0 Å². The molecule has 1 aliphatic carbocycles. The Morgan fingerprint density at radius 1 is 1.53 bits per heavy atom. The molecule has 17 heavy (non-hydrogen) atoms. The number of carboxylic acid groups (broad SMARTS) is 1. The van der Waals surface area contributed by atoms with Crippen molar-refractivity contribution in [2.75, 3.05) is 7.11 Å². The quantitative estimate of drug-likeness (QED) is 0.933. The number of carbonyl (C=O) groups is 1. The summed E-state index contributed by atoms with van der Waals surface area (Å²) >= 11 is 3.24. The second kappa shape index (κ2) is 4.29. The van der Waals surface area contributed by atoms with E-state index in [0.29, 0.717) is 17.3 Å². The third kappa shape index (κ3) is 1.82. The van der Waals surface area contributed by atoms with Crippen molar-refractivity contribution >= 4 is 21.9 Å². The zero-order valence-electron chi connectivity index (χ0n) is 9.30. The second-order valence-electron chi connectivity index (χ2n) is 4.21. The van der Waals surface area contributed by atoms with Crippen LogP contribution in [0.5, 0.6) is 5.75 Å². The number of methoxy groups -OCH3 is 1. The van der Waals surface area contributed by atoms with Gasteiger partial charge in [0.2, 0.25) is 0 Å². The maximum atomic E-state index is 14.1. The van der Waals surface area contributed by atoms with Crippen LogP contribution in [0.15, 0.2) is 16.6 Å². The molecule has 1 fully saturated rings. The fourth-order valence-corrected chi connectivity index (χ4v) is 2.63. The molecule has 1 saturated carbocycles. The molecule has 0 amide bonds. The standard InChI is InChI=1S/C12H12BrFO3/c1-17-9-6-7(13)5-8(10(9)14)12(11(15)16)3-2-4-12/h5-6H,2-4H2,1H3,(H,15,16). The smallest absolute Gasteiger partial charge is 0.314 e. The topological polar surface area (TPSA) is 46.5 Å². The van der Waals surface area contributed by atoms with Gasteiger partial charge in [0.05, 0.1) is 12.5 Å². The largest absolute Gasteiger partial charge is 0.494 e. The first kappa shape index (κ1) is 12.4. The van der Waals surface area contributed by atoms with Gasteiger partial charge in [0.1, 0.15) is 0 Å². The summed E-state index contributed by atoms with van der Waals surface area (Å²) in [7, 11) is 1.36. The van der Waals surface area contributed by atoms with Gasteiger partial charge in [-0.05, 0) is 25.0 Å². The van der Waals surface area contributed by atoms with Gasteiger partial charge in [-0.25, -0.2) is 4.39 Å². The molecular weight excluding hydrogens is 291 g/mol. The van der Waals surface area contributed by atoms with Gasteiger partial charge in [-0.3, -0.25) is 4.79 Å². The summed E-state index contributed by atoms with van der Waals surface area (Å²) in [6.07, 6.45) is 1.75. The zero-order valence-corrected chi connectivity index (χ0v) is 10.9. The molecule has 0 atom stereocenters. The summed E-state index contributed by atoms with van der Waals surface area (Å²) in [4.78, 5) is 11.3. The fourth-order valence-electron chi connectivity index (χ4n) is 2.19. The molecule has 5 heteroatoms. The molecule has 0 aromatic heterocycles. The molecule has 0 spiro atoms. The molecule has 1 aromatic rings. The lowest BCUT2D eigenvalue weighted by Crippen LogP contribution is -2.43. The summed E-state index contributed by atoms with van der Waals surface area (Å²) < 4.78 is 19.7. The van der Waals surface area contributed by atoms with Crippen LogP contribution >= 0.6 is 15.9 Å². The van der Waals surface area contributed by atoms with Crippen LogP contribution in [0.1, 0.15) is 24.8 Å². The SMILES string of the molecule is COc1cc(Br)cc(C2(C(=O)O)CCC2)c1F. The highest BCUT2D eigenvalue weighted by Gasteiger charge is 2.48. The van der Waals surface area contributed by atoms with E-state index >= 15 is 0 Å². The highest BCUT2D eigenvalue weighted by molar-refractivity contribution is 9.10. The molecule has 0 saturated heterocycles. The van der Waals surface area contributed by atoms with Gasteiger partial charge in [-0.2, -0.15) is 0 Å². The number of carboxylic acids is 1. The molecule has 0 bridgehead atoms. The molecular formula is C12H12BrFO3. The molecule has 0 heterocycles. The summed E-state index contributed by atoms with van der Waals surface area (Å²) in [5.41, 5.74) is -0.872. The first-order chi connectivity index (χ1) is 8.01. The van der Waals surface area contributed by atoms with E-state index in [1.165, 1.54) is 19.2 Å². The summed E-state index contributed by atoms with van der Waals surface area (Å²) in [5, 5.41) is 9.29. The van der Waals surface area contributed by atoms with E-state index in [0.717, 1.165) is 6.42 Å². The number of hydrogen-bond donors (Lipinski definition) is 1. The average molecular weight is 303 g/mol. The van der Waals surface area contributed by atoms with Crippen molar-refractivity contribution in [1.29, 1.82) is 0 Å². The van der Waals surface area contributed by atoms with E-state index in [1.54, 1.807) is 0 Å². The van der Waals surface area contributed by atoms with E-state index in [4.69, 9.17) is 4.74 Å². The van der Waals surface area contributed by atoms with Crippen LogP contribution in [0.2, 0.25) is 0 Å². The van der Waals surface area contributed by atoms with Crippen LogP contribution in [0, 0.1) is 5.82 Å². The minimum absolute atomic E-state index is 0.0712. The Morgan fingerprint density at radius 2 is 2.18 bits per heavy atom. The minimum Gasteiger partial charge on any atom is -0.494 e. The van der Waals surface area contributed by atoms with Gasteiger partial charge in [0.15, 0.2) is 11.6 Å². The number of halogens is 2. The van der Waals surface area contributed by atoms with Crippen molar-refractivity contribution in [3.05, 3.63) is 28.0 Å². The predicted octanol–water partition coefficient (Wildman–Crippen LogP) is 3.10. The fraction of sp³-hybridized carbons (Fsp3) is 0.417. The first-order valence-corrected chi connectivity index (χ1v) is 6.07. The molecule has 0 aliphatic heterocycles. The Morgan fingerprint density at radius 3 is 2.59 bits per heavy atom. The normalized spacial score (nSPS) is 17.4. The van der Waals surface area contributed by atoms with E-state index < -0.39 is 17.2 Å². The Kier molecular flexibility index (Phi) is 3.12. The maximum Gasteiger partial charge on any atom is 0.314 e. The van der Waals surface area contributed by atoms with Crippen molar-refractivity contribution < 1.29 is 19.0 Å². The van der Waals surface area contributed by atoms with Gasteiger partial charge < -0.3 is 9.84 Å². The lowest BCUT2D eigenvalue weighted by molar-refractivity contribution is -0.147. The summed E-state index contributed by atoms with van der Waals surface area (Å²) in [6, 6.07) is 3.03. The molecule has 0 radical (unpaired) electrons. The lowest BCUT2D eigenvalue weighted by Gasteiger charge is -2.38. The second-order valence-corrected chi connectivity index (χ2v) is 5.13. The Hall–Kier alpha value is -1.10. The maximum absolute atomic E-state index is 14.1. The van der Waals surface area contributed by atoms with E-state index in [-0.39, 0.29) is 11.3 Å². The van der Waals surface area contributed by atoms with Gasteiger partial charge in [0, 0.05) is 10.0 Å². The van der Waals surface area contributed by atoms with Crippen LogP contribution in [0.25, 0.3) is 0 Å². The van der Waals surface area contributed by atoms with Gasteiger partial charge >= 0.3 is 5.97 Å². The van der Waals surface area contributed by atoms with Crippen LogP contribution in [-0.4, -0.2) is 18.2 Å². The average Bonchev–Trinajstić information content (AvgIpc) is 2.20. The Labute approximate surface area is 107 Å². The number of rotatable bonds is 3. The number of benzene rings is 1. The zero-order chi connectivity index (χ0) is 12.6. The highest BCUT2D eigenvalue weighted by Crippen LogP contribution is 2.47. The number of hydrogen-bond acceptors (Lipinski definition) is 2. The van der Waals surface area contributed by atoms with Crippen LogP contribution in [0.4, 0.5) is 4.39 Å². The molecule has 2 rings (SSSR count). The molecule has 92 valence electrons. The monoisotopic (exact) mass is 302 g/mol. The molecule has 1 aromatic carbocycles. The number of aliphatic carboxylic acids is 1.